The molecule has 2 saturated heterocycles. The van der Waals surface area contributed by atoms with Gasteiger partial charge in [0, 0.05) is 50.6 Å². The van der Waals surface area contributed by atoms with E-state index < -0.39 is 5.82 Å². The van der Waals surface area contributed by atoms with Gasteiger partial charge in [-0.15, -0.1) is 0 Å². The summed E-state index contributed by atoms with van der Waals surface area (Å²) in [7, 11) is 0. The van der Waals surface area contributed by atoms with E-state index in [0.717, 1.165) is 30.5 Å². The van der Waals surface area contributed by atoms with Gasteiger partial charge in [0.25, 0.3) is 11.8 Å². The molecule has 3 aromatic carbocycles. The minimum absolute atomic E-state index is 0.0313. The lowest BCUT2D eigenvalue weighted by Crippen LogP contribution is -2.49. The predicted octanol–water partition coefficient (Wildman–Crippen LogP) is 5.35. The van der Waals surface area contributed by atoms with Crippen LogP contribution in [0, 0.1) is 19.7 Å². The van der Waals surface area contributed by atoms with Crippen molar-refractivity contribution >= 4 is 23.7 Å². The fourth-order valence-corrected chi connectivity index (χ4v) is 5.50. The van der Waals surface area contributed by atoms with Gasteiger partial charge in [0.2, 0.25) is 0 Å². The summed E-state index contributed by atoms with van der Waals surface area (Å²) >= 11 is 0. The molecule has 3 aromatic rings. The molecular weight excluding hydrogens is 523 g/mol. The Morgan fingerprint density at radius 3 is 2.51 bits per heavy atom. The van der Waals surface area contributed by atoms with Gasteiger partial charge in [-0.25, -0.2) is 4.39 Å². The van der Waals surface area contributed by atoms with Crippen molar-refractivity contribution in [3.8, 4) is 17.2 Å². The third-order valence-electron chi connectivity index (χ3n) is 7.96. The second-order valence-corrected chi connectivity index (χ2v) is 10.9. The van der Waals surface area contributed by atoms with Gasteiger partial charge in [0.15, 0.2) is 11.6 Å². The number of fused-ring (bicyclic) bond motifs is 2. The van der Waals surface area contributed by atoms with Crippen LogP contribution in [-0.4, -0.2) is 78.2 Å². The minimum atomic E-state index is -0.578. The lowest BCUT2D eigenvalue weighted by molar-refractivity contribution is 0.0479. The second-order valence-electron chi connectivity index (χ2n) is 10.9. The van der Waals surface area contributed by atoms with Crippen molar-refractivity contribution in [3.63, 3.8) is 0 Å². The van der Waals surface area contributed by atoms with Crippen LogP contribution in [-0.2, 0) is 0 Å². The average Bonchev–Trinajstić information content (AvgIpc) is 3.41. The molecule has 212 valence electrons. The van der Waals surface area contributed by atoms with E-state index in [2.05, 4.69) is 9.89 Å². The van der Waals surface area contributed by atoms with Crippen LogP contribution >= 0.6 is 0 Å². The van der Waals surface area contributed by atoms with Crippen LogP contribution in [0.1, 0.15) is 44.7 Å². The largest absolute Gasteiger partial charge is 0.478 e. The minimum Gasteiger partial charge on any atom is -0.478 e. The summed E-state index contributed by atoms with van der Waals surface area (Å²) in [5.41, 5.74) is 3.52. The predicted molar refractivity (Wildman–Crippen MR) is 154 cm³/mol. The summed E-state index contributed by atoms with van der Waals surface area (Å²) in [6, 6.07) is 15.5. The number of halogens is 1. The first-order valence-electron chi connectivity index (χ1n) is 14.0. The molecule has 3 heterocycles. The number of amides is 2. The number of nitrogens with zero attached hydrogens (tertiary/aromatic N) is 4. The number of carbonyl (C=O) groups excluding carboxylic acids is 2. The number of aliphatic imine (C=N–C) groups is 1. The number of ether oxygens (including phenoxy) is 2. The first-order valence-corrected chi connectivity index (χ1v) is 14.0. The molecule has 41 heavy (non-hydrogen) atoms. The number of hydrogen-bond acceptors (Lipinski definition) is 6. The van der Waals surface area contributed by atoms with Gasteiger partial charge < -0.3 is 19.3 Å². The van der Waals surface area contributed by atoms with Crippen LogP contribution in [0.4, 0.5) is 10.1 Å². The molecule has 3 aliphatic rings. The van der Waals surface area contributed by atoms with E-state index >= 15 is 0 Å². The molecule has 8 nitrogen and oxygen atoms in total. The lowest BCUT2D eigenvalue weighted by Gasteiger charge is -2.34. The SMILES string of the molecule is Cc1ccc(Oc2ccc(C(=O)N3CCN(COc4cc5c(cc4C)C(=O)N4CCC[C@H]4C=N5)CC3)cc2F)cc1. The van der Waals surface area contributed by atoms with E-state index in [1.54, 1.807) is 23.1 Å². The molecule has 0 unspecified atom stereocenters. The van der Waals surface area contributed by atoms with E-state index in [4.69, 9.17) is 9.47 Å². The third kappa shape index (κ3) is 5.67. The van der Waals surface area contributed by atoms with Crippen molar-refractivity contribution < 1.29 is 23.5 Å². The van der Waals surface area contributed by atoms with E-state index in [1.165, 1.54) is 12.1 Å². The Hall–Kier alpha value is -4.24. The van der Waals surface area contributed by atoms with Crippen molar-refractivity contribution in [2.45, 2.75) is 32.7 Å². The summed E-state index contributed by atoms with van der Waals surface area (Å²) in [6.45, 7) is 7.29. The standard InChI is InChI=1S/C32H33FN4O4/c1-21-5-8-25(9-6-21)41-29-10-7-23(17-27(29)33)31(38)36-14-12-35(13-15-36)20-40-30-18-28-26(16-22(30)2)32(39)37-11-3-4-24(37)19-34-28/h5-10,16-19,24H,3-4,11-15,20H2,1-2H3/t24-/m0/s1. The molecule has 0 N–H and O–H groups in total. The maximum absolute atomic E-state index is 14.8. The van der Waals surface area contributed by atoms with Crippen molar-refractivity contribution in [1.29, 1.82) is 0 Å². The lowest BCUT2D eigenvalue weighted by atomic mass is 10.1. The third-order valence-corrected chi connectivity index (χ3v) is 7.96. The molecule has 0 saturated carbocycles. The fourth-order valence-electron chi connectivity index (χ4n) is 5.50. The van der Waals surface area contributed by atoms with E-state index in [9.17, 15) is 14.0 Å². The van der Waals surface area contributed by atoms with Gasteiger partial charge in [-0.2, -0.15) is 0 Å². The Kier molecular flexibility index (Phi) is 7.45. The Balaban J connectivity index is 1.03. The highest BCUT2D eigenvalue weighted by molar-refractivity contribution is 6.03. The number of piperazine rings is 1. The summed E-state index contributed by atoms with van der Waals surface area (Å²) in [6.07, 6.45) is 3.83. The van der Waals surface area contributed by atoms with Gasteiger partial charge in [-0.3, -0.25) is 19.5 Å². The Morgan fingerprint density at radius 2 is 1.76 bits per heavy atom. The van der Waals surface area contributed by atoms with Crippen LogP contribution in [0.5, 0.6) is 17.2 Å². The summed E-state index contributed by atoms with van der Waals surface area (Å²) < 4.78 is 26.5. The van der Waals surface area contributed by atoms with Gasteiger partial charge in [-0.05, 0) is 68.7 Å². The molecule has 0 bridgehead atoms. The van der Waals surface area contributed by atoms with Crippen molar-refractivity contribution in [1.82, 2.24) is 14.7 Å². The zero-order valence-electron chi connectivity index (χ0n) is 23.3. The smallest absolute Gasteiger partial charge is 0.256 e. The second kappa shape index (κ2) is 11.3. The highest BCUT2D eigenvalue weighted by atomic mass is 19.1. The van der Waals surface area contributed by atoms with Gasteiger partial charge in [0.1, 0.15) is 18.2 Å². The number of benzene rings is 3. The first-order chi connectivity index (χ1) is 19.9. The van der Waals surface area contributed by atoms with Crippen LogP contribution in [0.3, 0.4) is 0 Å². The quantitative estimate of drug-likeness (QED) is 0.409. The van der Waals surface area contributed by atoms with Crippen molar-refractivity contribution in [2.75, 3.05) is 39.5 Å². The van der Waals surface area contributed by atoms with Gasteiger partial charge in [0.05, 0.1) is 17.3 Å². The molecule has 0 spiro atoms. The van der Waals surface area contributed by atoms with Gasteiger partial charge >= 0.3 is 0 Å². The molecule has 2 fully saturated rings. The molecule has 2 amide bonds. The molecule has 0 radical (unpaired) electrons. The maximum atomic E-state index is 14.8. The topological polar surface area (TPSA) is 74.7 Å². The Morgan fingerprint density at radius 1 is 0.976 bits per heavy atom. The number of aryl methyl sites for hydroxylation is 2. The van der Waals surface area contributed by atoms with Crippen LogP contribution in [0.25, 0.3) is 0 Å². The highest BCUT2D eigenvalue weighted by Gasteiger charge is 2.32. The Labute approximate surface area is 239 Å². The number of rotatable bonds is 6. The van der Waals surface area contributed by atoms with Crippen molar-refractivity contribution in [2.24, 2.45) is 4.99 Å². The van der Waals surface area contributed by atoms with Crippen LogP contribution in [0.15, 0.2) is 59.6 Å². The molecule has 6 rings (SSSR count). The summed E-state index contributed by atoms with van der Waals surface area (Å²) in [5, 5.41) is 0. The normalized spacial score (nSPS) is 18.6. The zero-order chi connectivity index (χ0) is 28.5. The fraction of sp³-hybridized carbons (Fsp3) is 0.344. The molecular formula is C32H33FN4O4. The van der Waals surface area contributed by atoms with Crippen LogP contribution < -0.4 is 9.47 Å². The summed E-state index contributed by atoms with van der Waals surface area (Å²) in [4.78, 5) is 36.5. The monoisotopic (exact) mass is 556 g/mol. The number of hydrogen-bond donors (Lipinski definition) is 0. The summed E-state index contributed by atoms with van der Waals surface area (Å²) in [5.74, 6) is 0.550. The zero-order valence-corrected chi connectivity index (χ0v) is 23.3. The van der Waals surface area contributed by atoms with E-state index in [0.29, 0.717) is 61.2 Å². The van der Waals surface area contributed by atoms with Crippen molar-refractivity contribution in [3.05, 3.63) is 82.7 Å². The molecule has 9 heteroatoms. The average molecular weight is 557 g/mol. The molecule has 1 atom stereocenters. The molecule has 0 aliphatic carbocycles. The number of carbonyl (C=O) groups is 2. The molecule has 3 aliphatic heterocycles. The van der Waals surface area contributed by atoms with Crippen LogP contribution in [0.2, 0.25) is 0 Å². The van der Waals surface area contributed by atoms with E-state index in [-0.39, 0.29) is 23.6 Å². The van der Waals surface area contributed by atoms with E-state index in [1.807, 2.05) is 49.2 Å². The highest BCUT2D eigenvalue weighted by Crippen LogP contribution is 2.34. The Bertz CT molecular complexity index is 1500. The molecule has 0 aromatic heterocycles. The van der Waals surface area contributed by atoms with Gasteiger partial charge in [-0.1, -0.05) is 17.7 Å². The maximum Gasteiger partial charge on any atom is 0.256 e. The first kappa shape index (κ1) is 27.0.